The summed E-state index contributed by atoms with van der Waals surface area (Å²) < 4.78 is 9.18. The second kappa shape index (κ2) is 5.99. The highest BCUT2D eigenvalue weighted by Crippen LogP contribution is 2.37. The van der Waals surface area contributed by atoms with Gasteiger partial charge >= 0.3 is 0 Å². The second-order valence-electron chi connectivity index (χ2n) is 5.85. The van der Waals surface area contributed by atoms with Crippen molar-refractivity contribution in [2.45, 2.75) is 6.42 Å². The third-order valence-electron chi connectivity index (χ3n) is 4.53. The first-order chi connectivity index (χ1) is 11.3. The number of halogens is 1. The predicted octanol–water partition coefficient (Wildman–Crippen LogP) is 4.95. The number of hydrogen-bond acceptors (Lipinski definition) is 1. The van der Waals surface area contributed by atoms with E-state index in [1.165, 1.54) is 33.3 Å². The first-order valence-electron chi connectivity index (χ1n) is 7.86. The Labute approximate surface area is 144 Å². The summed E-state index contributed by atoms with van der Waals surface area (Å²) in [6.45, 7) is 1.42. The van der Waals surface area contributed by atoms with Crippen LogP contribution in [0.5, 0.6) is 0 Å². The van der Waals surface area contributed by atoms with Crippen LogP contribution in [0.25, 0.3) is 16.5 Å². The normalized spacial score (nSPS) is 17.2. The molecule has 0 saturated heterocycles. The molecule has 2 heterocycles. The van der Waals surface area contributed by atoms with Crippen LogP contribution in [0.2, 0.25) is 0 Å². The van der Waals surface area contributed by atoms with Crippen LogP contribution in [0.1, 0.15) is 16.8 Å². The second-order valence-corrected chi connectivity index (χ2v) is 6.77. The third kappa shape index (κ3) is 2.54. The molecule has 1 aromatic heterocycles. The highest BCUT2D eigenvalue weighted by molar-refractivity contribution is 9.10. The molecule has 4 rings (SSSR count). The van der Waals surface area contributed by atoms with Crippen LogP contribution in [0, 0.1) is 0 Å². The number of aromatic nitrogens is 1. The van der Waals surface area contributed by atoms with Crippen molar-refractivity contribution < 1.29 is 4.74 Å². The molecule has 0 fully saturated rings. The third-order valence-corrected chi connectivity index (χ3v) is 5.02. The Kier molecular flexibility index (Phi) is 3.83. The van der Waals surface area contributed by atoms with Crippen LogP contribution in [-0.4, -0.2) is 17.8 Å². The quantitative estimate of drug-likeness (QED) is 0.593. The van der Waals surface area contributed by atoms with Gasteiger partial charge in [-0.2, -0.15) is 0 Å². The molecule has 2 aromatic carbocycles. The van der Waals surface area contributed by atoms with E-state index in [9.17, 15) is 0 Å². The Morgan fingerprint density at radius 2 is 1.91 bits per heavy atom. The van der Waals surface area contributed by atoms with Gasteiger partial charge in [0.15, 0.2) is 0 Å². The average Bonchev–Trinajstić information content (AvgIpc) is 2.80. The van der Waals surface area contributed by atoms with E-state index >= 15 is 0 Å². The van der Waals surface area contributed by atoms with Gasteiger partial charge in [-0.05, 0) is 29.3 Å². The van der Waals surface area contributed by atoms with E-state index < -0.39 is 0 Å². The van der Waals surface area contributed by atoms with Crippen LogP contribution < -0.4 is 0 Å². The van der Waals surface area contributed by atoms with Gasteiger partial charge in [0, 0.05) is 40.1 Å². The molecule has 0 amide bonds. The molecule has 0 atom stereocenters. The molecule has 0 saturated carbocycles. The smallest absolute Gasteiger partial charge is 0.0656 e. The Balaban J connectivity index is 2.06. The number of rotatable bonds is 1. The summed E-state index contributed by atoms with van der Waals surface area (Å²) in [6, 6.07) is 17.1. The van der Waals surface area contributed by atoms with Gasteiger partial charge in [0.2, 0.25) is 0 Å². The van der Waals surface area contributed by atoms with Crippen LogP contribution in [0.15, 0.2) is 59.1 Å². The summed E-state index contributed by atoms with van der Waals surface area (Å²) in [6.07, 6.45) is 3.15. The molecule has 0 radical (unpaired) electrons. The standard InChI is InChI=1S/C20H18BrNO/c1-22-18-8-7-15(21)13-17(18)20-16(14-5-3-2-4-6-14)9-11-23-12-10-19(20)22/h2-9,13H,10-12H2,1H3/b16-9-. The van der Waals surface area contributed by atoms with Gasteiger partial charge in [-0.15, -0.1) is 0 Å². The van der Waals surface area contributed by atoms with Crippen molar-refractivity contribution in [1.29, 1.82) is 0 Å². The minimum Gasteiger partial charge on any atom is -0.377 e. The first-order valence-corrected chi connectivity index (χ1v) is 8.65. The fourth-order valence-corrected chi connectivity index (χ4v) is 3.80. The summed E-state index contributed by atoms with van der Waals surface area (Å²) in [5.41, 5.74) is 6.46. The molecule has 0 bridgehead atoms. The van der Waals surface area contributed by atoms with Crippen molar-refractivity contribution in [2.75, 3.05) is 13.2 Å². The molecule has 116 valence electrons. The zero-order valence-electron chi connectivity index (χ0n) is 13.1. The number of fused-ring (bicyclic) bond motifs is 3. The summed E-state index contributed by atoms with van der Waals surface area (Å²) in [4.78, 5) is 0. The average molecular weight is 368 g/mol. The lowest BCUT2D eigenvalue weighted by atomic mass is 9.93. The van der Waals surface area contributed by atoms with Crippen molar-refractivity contribution >= 4 is 32.4 Å². The zero-order chi connectivity index (χ0) is 15.8. The van der Waals surface area contributed by atoms with Crippen molar-refractivity contribution in [2.24, 2.45) is 7.05 Å². The van der Waals surface area contributed by atoms with Crippen LogP contribution in [0.4, 0.5) is 0 Å². The Morgan fingerprint density at radius 3 is 2.74 bits per heavy atom. The SMILES string of the molecule is Cn1c2c(c3cc(Br)ccc31)/C(c1ccccc1)=C\COCC2. The maximum Gasteiger partial charge on any atom is 0.0656 e. The molecule has 1 aliphatic rings. The lowest BCUT2D eigenvalue weighted by Crippen LogP contribution is -2.09. The van der Waals surface area contributed by atoms with Crippen molar-refractivity contribution in [1.82, 2.24) is 4.57 Å². The van der Waals surface area contributed by atoms with Crippen LogP contribution in [0.3, 0.4) is 0 Å². The topological polar surface area (TPSA) is 14.2 Å². The fraction of sp³-hybridized carbons (Fsp3) is 0.200. The molecule has 3 aromatic rings. The molecule has 0 spiro atoms. The maximum absolute atomic E-state index is 5.76. The Bertz CT molecular complexity index is 893. The monoisotopic (exact) mass is 367 g/mol. The number of aryl methyl sites for hydroxylation is 1. The van der Waals surface area contributed by atoms with Gasteiger partial charge in [0.05, 0.1) is 13.2 Å². The van der Waals surface area contributed by atoms with E-state index in [4.69, 9.17) is 4.74 Å². The number of ether oxygens (including phenoxy) is 1. The molecule has 2 nitrogen and oxygen atoms in total. The summed E-state index contributed by atoms with van der Waals surface area (Å²) in [5.74, 6) is 0. The number of benzene rings is 2. The van der Waals surface area contributed by atoms with Gasteiger partial charge in [-0.25, -0.2) is 0 Å². The van der Waals surface area contributed by atoms with E-state index in [0.29, 0.717) is 6.61 Å². The van der Waals surface area contributed by atoms with E-state index in [2.05, 4.69) is 82.2 Å². The molecule has 1 aliphatic heterocycles. The number of nitrogens with zero attached hydrogens (tertiary/aromatic N) is 1. The lowest BCUT2D eigenvalue weighted by Gasteiger charge is -2.15. The molecule has 0 N–H and O–H groups in total. The largest absolute Gasteiger partial charge is 0.377 e. The summed E-state index contributed by atoms with van der Waals surface area (Å²) >= 11 is 3.63. The predicted molar refractivity (Wildman–Crippen MR) is 98.7 cm³/mol. The van der Waals surface area contributed by atoms with E-state index in [1.54, 1.807) is 0 Å². The van der Waals surface area contributed by atoms with Crippen molar-refractivity contribution in [3.8, 4) is 0 Å². The minimum absolute atomic E-state index is 0.661. The van der Waals surface area contributed by atoms with Crippen molar-refractivity contribution in [3.05, 3.63) is 75.9 Å². The van der Waals surface area contributed by atoms with Gasteiger partial charge < -0.3 is 9.30 Å². The molecule has 3 heteroatoms. The van der Waals surface area contributed by atoms with Gasteiger partial charge in [0.25, 0.3) is 0 Å². The fourth-order valence-electron chi connectivity index (χ4n) is 3.44. The maximum atomic E-state index is 5.76. The molecule has 0 aliphatic carbocycles. The van der Waals surface area contributed by atoms with E-state index in [0.717, 1.165) is 17.5 Å². The van der Waals surface area contributed by atoms with Crippen LogP contribution >= 0.6 is 15.9 Å². The molecule has 23 heavy (non-hydrogen) atoms. The summed E-state index contributed by atoms with van der Waals surface area (Å²) in [5, 5.41) is 1.30. The minimum atomic E-state index is 0.661. The highest BCUT2D eigenvalue weighted by Gasteiger charge is 2.20. The van der Waals surface area contributed by atoms with Gasteiger partial charge in [-0.1, -0.05) is 52.3 Å². The summed E-state index contributed by atoms with van der Waals surface area (Å²) in [7, 11) is 2.15. The molecule has 0 unspecified atom stereocenters. The highest BCUT2D eigenvalue weighted by atomic mass is 79.9. The van der Waals surface area contributed by atoms with Gasteiger partial charge in [-0.3, -0.25) is 0 Å². The number of hydrogen-bond donors (Lipinski definition) is 0. The zero-order valence-corrected chi connectivity index (χ0v) is 14.6. The molecular weight excluding hydrogens is 350 g/mol. The van der Waals surface area contributed by atoms with Crippen LogP contribution in [-0.2, 0) is 18.2 Å². The van der Waals surface area contributed by atoms with E-state index in [-0.39, 0.29) is 0 Å². The van der Waals surface area contributed by atoms with Gasteiger partial charge in [0.1, 0.15) is 0 Å². The lowest BCUT2D eigenvalue weighted by molar-refractivity contribution is 0.164. The Morgan fingerprint density at radius 1 is 1.09 bits per heavy atom. The first kappa shape index (κ1) is 14.7. The Hall–Kier alpha value is -1.84. The molecular formula is C20H18BrNO. The van der Waals surface area contributed by atoms with Crippen molar-refractivity contribution in [3.63, 3.8) is 0 Å². The van der Waals surface area contributed by atoms with E-state index in [1.807, 2.05) is 0 Å².